The third kappa shape index (κ3) is 2.90. The van der Waals surface area contributed by atoms with Gasteiger partial charge in [0.1, 0.15) is 5.82 Å². The minimum absolute atomic E-state index is 0.521. The van der Waals surface area contributed by atoms with Crippen molar-refractivity contribution >= 4 is 11.5 Å². The Labute approximate surface area is 150 Å². The third-order valence-corrected chi connectivity index (χ3v) is 4.65. The van der Waals surface area contributed by atoms with Crippen LogP contribution in [0.25, 0.3) is 16.8 Å². The van der Waals surface area contributed by atoms with Gasteiger partial charge in [-0.25, -0.2) is 0 Å². The molecule has 0 aliphatic heterocycles. The minimum atomic E-state index is 0.521. The Morgan fingerprint density at radius 2 is 1.85 bits per heavy atom. The summed E-state index contributed by atoms with van der Waals surface area (Å²) in [5.74, 6) is 2.33. The second-order valence-corrected chi connectivity index (χ2v) is 6.61. The molecular formula is C20H18N6. The fourth-order valence-electron chi connectivity index (χ4n) is 3.04. The highest BCUT2D eigenvalue weighted by Gasteiger charge is 2.29. The lowest BCUT2D eigenvalue weighted by Gasteiger charge is -2.07. The summed E-state index contributed by atoms with van der Waals surface area (Å²) in [6.45, 7) is 0.715. The lowest BCUT2D eigenvalue weighted by molar-refractivity contribution is 0.814. The predicted octanol–water partition coefficient (Wildman–Crippen LogP) is 3.68. The number of hydrogen-bond acceptors (Lipinski definition) is 5. The Bertz CT molecular complexity index is 1040. The molecule has 26 heavy (non-hydrogen) atoms. The van der Waals surface area contributed by atoms with Crippen LogP contribution in [0.4, 0.5) is 5.82 Å². The van der Waals surface area contributed by atoms with Gasteiger partial charge in [-0.2, -0.15) is 4.52 Å². The Kier molecular flexibility index (Phi) is 3.59. The normalized spacial score (nSPS) is 13.8. The number of nitrogens with zero attached hydrogens (tertiary/aromatic N) is 5. The summed E-state index contributed by atoms with van der Waals surface area (Å²) in [6.07, 6.45) is 6.03. The molecule has 128 valence electrons. The summed E-state index contributed by atoms with van der Waals surface area (Å²) < 4.78 is 1.87. The minimum Gasteiger partial charge on any atom is -0.365 e. The van der Waals surface area contributed by atoms with E-state index in [0.29, 0.717) is 12.5 Å². The summed E-state index contributed by atoms with van der Waals surface area (Å²) in [5, 5.41) is 16.5. The zero-order valence-corrected chi connectivity index (χ0v) is 14.2. The molecule has 0 unspecified atom stereocenters. The Morgan fingerprint density at radius 1 is 0.962 bits per heavy atom. The molecule has 1 aliphatic carbocycles. The molecule has 6 nitrogen and oxygen atoms in total. The summed E-state index contributed by atoms with van der Waals surface area (Å²) in [6, 6.07) is 16.4. The zero-order chi connectivity index (χ0) is 17.3. The summed E-state index contributed by atoms with van der Waals surface area (Å²) in [5.41, 5.74) is 4.29. The maximum absolute atomic E-state index is 4.65. The summed E-state index contributed by atoms with van der Waals surface area (Å²) >= 11 is 0. The van der Waals surface area contributed by atoms with Gasteiger partial charge in [-0.15, -0.1) is 15.3 Å². The topological polar surface area (TPSA) is 68.0 Å². The van der Waals surface area contributed by atoms with Gasteiger partial charge in [0.2, 0.25) is 0 Å². The molecule has 5 rings (SSSR count). The molecule has 0 atom stereocenters. The standard InChI is InChI=1S/C20H18N6/c1-2-17(13-21-11-1)15-5-3-14(4-6-15)12-22-18-9-10-19-23-24-20(16-7-8-16)26(19)25-18/h1-6,9-11,13,16H,7-8,12H2,(H,22,25). The van der Waals surface area contributed by atoms with Crippen molar-refractivity contribution in [2.75, 3.05) is 5.32 Å². The molecule has 1 aliphatic rings. The van der Waals surface area contributed by atoms with Crippen molar-refractivity contribution in [3.63, 3.8) is 0 Å². The van der Waals surface area contributed by atoms with Crippen LogP contribution < -0.4 is 5.32 Å². The Hall–Kier alpha value is -3.28. The predicted molar refractivity (Wildman–Crippen MR) is 99.8 cm³/mol. The largest absolute Gasteiger partial charge is 0.365 e. The van der Waals surface area contributed by atoms with Crippen LogP contribution in [0.15, 0.2) is 60.9 Å². The van der Waals surface area contributed by atoms with Gasteiger partial charge in [0, 0.05) is 24.9 Å². The van der Waals surface area contributed by atoms with Crippen LogP contribution in [0.3, 0.4) is 0 Å². The quantitative estimate of drug-likeness (QED) is 0.599. The van der Waals surface area contributed by atoms with E-state index in [1.165, 1.54) is 24.0 Å². The van der Waals surface area contributed by atoms with Gasteiger partial charge in [-0.05, 0) is 47.7 Å². The smallest absolute Gasteiger partial charge is 0.178 e. The molecule has 1 saturated carbocycles. The molecule has 0 saturated heterocycles. The van der Waals surface area contributed by atoms with Crippen molar-refractivity contribution < 1.29 is 0 Å². The second-order valence-electron chi connectivity index (χ2n) is 6.61. The molecule has 1 fully saturated rings. The Balaban J connectivity index is 1.31. The third-order valence-electron chi connectivity index (χ3n) is 4.65. The first kappa shape index (κ1) is 15.0. The van der Waals surface area contributed by atoms with Gasteiger partial charge in [-0.1, -0.05) is 30.3 Å². The monoisotopic (exact) mass is 342 g/mol. The lowest BCUT2D eigenvalue weighted by atomic mass is 10.1. The van der Waals surface area contributed by atoms with Crippen molar-refractivity contribution in [2.45, 2.75) is 25.3 Å². The fourth-order valence-corrected chi connectivity index (χ4v) is 3.04. The van der Waals surface area contributed by atoms with E-state index in [2.05, 4.69) is 55.9 Å². The molecule has 3 aromatic heterocycles. The van der Waals surface area contributed by atoms with Gasteiger partial charge in [0.25, 0.3) is 0 Å². The summed E-state index contributed by atoms with van der Waals surface area (Å²) in [4.78, 5) is 4.17. The highest BCUT2D eigenvalue weighted by Crippen LogP contribution is 2.38. The zero-order valence-electron chi connectivity index (χ0n) is 14.2. The van der Waals surface area contributed by atoms with E-state index >= 15 is 0 Å². The van der Waals surface area contributed by atoms with Crippen LogP contribution in [0.5, 0.6) is 0 Å². The van der Waals surface area contributed by atoms with Crippen molar-refractivity contribution in [1.29, 1.82) is 0 Å². The second kappa shape index (κ2) is 6.22. The van der Waals surface area contributed by atoms with Gasteiger partial charge in [-0.3, -0.25) is 4.98 Å². The molecule has 0 bridgehead atoms. The number of benzene rings is 1. The first-order chi connectivity index (χ1) is 12.9. The van der Waals surface area contributed by atoms with Crippen molar-refractivity contribution in [3.8, 4) is 11.1 Å². The van der Waals surface area contributed by atoms with Gasteiger partial charge >= 0.3 is 0 Å². The van der Waals surface area contributed by atoms with E-state index in [1.807, 2.05) is 28.9 Å². The van der Waals surface area contributed by atoms with E-state index in [1.54, 1.807) is 6.20 Å². The summed E-state index contributed by atoms with van der Waals surface area (Å²) in [7, 11) is 0. The molecule has 3 heterocycles. The molecule has 4 aromatic rings. The number of nitrogens with one attached hydrogen (secondary N) is 1. The number of rotatable bonds is 5. The van der Waals surface area contributed by atoms with Crippen molar-refractivity contribution in [1.82, 2.24) is 24.8 Å². The van der Waals surface area contributed by atoms with E-state index in [9.17, 15) is 0 Å². The maximum Gasteiger partial charge on any atom is 0.178 e. The highest BCUT2D eigenvalue weighted by molar-refractivity contribution is 5.62. The van der Waals surface area contributed by atoms with E-state index < -0.39 is 0 Å². The van der Waals surface area contributed by atoms with Crippen LogP contribution in [-0.2, 0) is 6.54 Å². The molecule has 0 radical (unpaired) electrons. The molecular weight excluding hydrogens is 324 g/mol. The van der Waals surface area contributed by atoms with Crippen LogP contribution in [0.1, 0.15) is 30.1 Å². The van der Waals surface area contributed by atoms with Gasteiger partial charge in [0.05, 0.1) is 0 Å². The number of anilines is 1. The van der Waals surface area contributed by atoms with Gasteiger partial charge < -0.3 is 5.32 Å². The van der Waals surface area contributed by atoms with Gasteiger partial charge in [0.15, 0.2) is 11.5 Å². The van der Waals surface area contributed by atoms with E-state index in [-0.39, 0.29) is 0 Å². The van der Waals surface area contributed by atoms with Crippen LogP contribution >= 0.6 is 0 Å². The SMILES string of the molecule is c1cncc(-c2ccc(CNc3ccc4nnc(C5CC5)n4n3)cc2)c1. The molecule has 1 N–H and O–H groups in total. The Morgan fingerprint density at radius 3 is 2.62 bits per heavy atom. The molecule has 0 amide bonds. The average Bonchev–Trinajstić information content (AvgIpc) is 3.46. The van der Waals surface area contributed by atoms with Crippen LogP contribution in [-0.4, -0.2) is 24.8 Å². The van der Waals surface area contributed by atoms with E-state index in [4.69, 9.17) is 0 Å². The fraction of sp³-hybridized carbons (Fsp3) is 0.200. The van der Waals surface area contributed by atoms with Crippen molar-refractivity contribution in [2.24, 2.45) is 0 Å². The lowest BCUT2D eigenvalue weighted by Crippen LogP contribution is -2.05. The average molecular weight is 342 g/mol. The number of aromatic nitrogens is 5. The highest BCUT2D eigenvalue weighted by atomic mass is 15.4. The number of fused-ring (bicyclic) bond motifs is 1. The van der Waals surface area contributed by atoms with Crippen molar-refractivity contribution in [3.05, 3.63) is 72.3 Å². The molecule has 0 spiro atoms. The maximum atomic E-state index is 4.65. The molecule has 1 aromatic carbocycles. The molecule has 6 heteroatoms. The van der Waals surface area contributed by atoms with Crippen LogP contribution in [0.2, 0.25) is 0 Å². The van der Waals surface area contributed by atoms with Crippen LogP contribution in [0, 0.1) is 0 Å². The van der Waals surface area contributed by atoms with E-state index in [0.717, 1.165) is 22.9 Å². The number of hydrogen-bond donors (Lipinski definition) is 1. The number of pyridine rings is 1. The first-order valence-corrected chi connectivity index (χ1v) is 8.82. The first-order valence-electron chi connectivity index (χ1n) is 8.82.